The van der Waals surface area contributed by atoms with E-state index in [4.69, 9.17) is 4.74 Å². The van der Waals surface area contributed by atoms with Gasteiger partial charge in [-0.3, -0.25) is 4.79 Å². The lowest BCUT2D eigenvalue weighted by Gasteiger charge is -2.39. The molecule has 1 aliphatic heterocycles. The molecule has 20 heavy (non-hydrogen) atoms. The highest BCUT2D eigenvalue weighted by atomic mass is 16.5. The molecule has 1 heterocycles. The molecule has 0 bridgehead atoms. The predicted octanol–water partition coefficient (Wildman–Crippen LogP) is 1.13. The maximum atomic E-state index is 12.0. The molecule has 0 radical (unpaired) electrons. The first kappa shape index (κ1) is 16.8. The molecule has 1 fully saturated rings. The SMILES string of the molecule is CCCC(=O)N1CC(NC(=O)OCC)CC(C(C)O)C1. The molecule has 0 aliphatic carbocycles. The standard InChI is InChI=1S/C14H26N2O4/c1-4-6-13(18)16-8-11(10(3)17)7-12(9-16)15-14(19)20-5-2/h10-12,17H,4-9H2,1-3H3,(H,15,19). The second-order valence-corrected chi connectivity index (χ2v) is 5.35. The Labute approximate surface area is 120 Å². The fourth-order valence-corrected chi connectivity index (χ4v) is 2.51. The van der Waals surface area contributed by atoms with E-state index in [2.05, 4.69) is 5.32 Å². The highest BCUT2D eigenvalue weighted by Gasteiger charge is 2.32. The maximum Gasteiger partial charge on any atom is 0.407 e. The molecule has 0 aromatic carbocycles. The molecule has 2 amide bonds. The molecule has 116 valence electrons. The number of likely N-dealkylation sites (tertiary alicyclic amines) is 1. The highest BCUT2D eigenvalue weighted by molar-refractivity contribution is 5.76. The zero-order valence-electron chi connectivity index (χ0n) is 12.6. The quantitative estimate of drug-likeness (QED) is 0.794. The fourth-order valence-electron chi connectivity index (χ4n) is 2.51. The summed E-state index contributed by atoms with van der Waals surface area (Å²) in [6, 6.07) is -0.164. The van der Waals surface area contributed by atoms with Gasteiger partial charge in [-0.1, -0.05) is 6.92 Å². The van der Waals surface area contributed by atoms with Crippen molar-refractivity contribution < 1.29 is 19.4 Å². The van der Waals surface area contributed by atoms with E-state index >= 15 is 0 Å². The summed E-state index contributed by atoms with van der Waals surface area (Å²) < 4.78 is 4.87. The summed E-state index contributed by atoms with van der Waals surface area (Å²) in [5.41, 5.74) is 0. The van der Waals surface area contributed by atoms with E-state index in [-0.39, 0.29) is 17.9 Å². The minimum atomic E-state index is -0.501. The van der Waals surface area contributed by atoms with E-state index < -0.39 is 12.2 Å². The van der Waals surface area contributed by atoms with Crippen LogP contribution in [0.1, 0.15) is 40.0 Å². The van der Waals surface area contributed by atoms with Crippen molar-refractivity contribution in [3.05, 3.63) is 0 Å². The minimum absolute atomic E-state index is 0.0171. The molecule has 3 atom stereocenters. The van der Waals surface area contributed by atoms with Crippen LogP contribution in [0.3, 0.4) is 0 Å². The summed E-state index contributed by atoms with van der Waals surface area (Å²) in [5, 5.41) is 12.5. The molecule has 0 saturated carbocycles. The van der Waals surface area contributed by atoms with Gasteiger partial charge in [0.1, 0.15) is 0 Å². The highest BCUT2D eigenvalue weighted by Crippen LogP contribution is 2.21. The number of nitrogens with zero attached hydrogens (tertiary/aromatic N) is 1. The van der Waals surface area contributed by atoms with Gasteiger partial charge in [-0.25, -0.2) is 4.79 Å². The van der Waals surface area contributed by atoms with Gasteiger partial charge in [0.25, 0.3) is 0 Å². The van der Waals surface area contributed by atoms with Crippen molar-refractivity contribution in [2.45, 2.75) is 52.2 Å². The maximum absolute atomic E-state index is 12.0. The molecular formula is C14H26N2O4. The van der Waals surface area contributed by atoms with E-state index in [1.807, 2.05) is 6.92 Å². The molecule has 6 nitrogen and oxygen atoms in total. The number of carbonyl (C=O) groups is 2. The lowest BCUT2D eigenvalue weighted by atomic mass is 9.90. The largest absolute Gasteiger partial charge is 0.450 e. The molecule has 3 unspecified atom stereocenters. The second kappa shape index (κ2) is 8.09. The van der Waals surface area contributed by atoms with Gasteiger partial charge in [-0.2, -0.15) is 0 Å². The van der Waals surface area contributed by atoms with Crippen molar-refractivity contribution in [1.82, 2.24) is 10.2 Å². The van der Waals surface area contributed by atoms with Gasteiger partial charge >= 0.3 is 6.09 Å². The number of amides is 2. The number of rotatable bonds is 5. The average Bonchev–Trinajstić information content (AvgIpc) is 2.38. The van der Waals surface area contributed by atoms with Crippen LogP contribution in [0.2, 0.25) is 0 Å². The first-order valence-electron chi connectivity index (χ1n) is 7.37. The first-order valence-corrected chi connectivity index (χ1v) is 7.37. The van der Waals surface area contributed by atoms with Crippen LogP contribution in [0, 0.1) is 5.92 Å². The van der Waals surface area contributed by atoms with E-state index in [9.17, 15) is 14.7 Å². The number of aliphatic hydroxyl groups is 1. The van der Waals surface area contributed by atoms with Gasteiger partial charge in [0.05, 0.1) is 18.8 Å². The third kappa shape index (κ3) is 5.00. The molecule has 1 rings (SSSR count). The number of aliphatic hydroxyl groups excluding tert-OH is 1. The number of hydrogen-bond acceptors (Lipinski definition) is 4. The lowest BCUT2D eigenvalue weighted by molar-refractivity contribution is -0.134. The number of hydrogen-bond donors (Lipinski definition) is 2. The van der Waals surface area contributed by atoms with Crippen molar-refractivity contribution in [1.29, 1.82) is 0 Å². The monoisotopic (exact) mass is 286 g/mol. The van der Waals surface area contributed by atoms with E-state index in [0.29, 0.717) is 32.5 Å². The molecule has 0 spiro atoms. The van der Waals surface area contributed by atoms with E-state index in [1.54, 1.807) is 18.7 Å². The molecule has 0 aromatic rings. The number of piperidine rings is 1. The minimum Gasteiger partial charge on any atom is -0.450 e. The smallest absolute Gasteiger partial charge is 0.407 e. The van der Waals surface area contributed by atoms with Crippen molar-refractivity contribution >= 4 is 12.0 Å². The Morgan fingerprint density at radius 3 is 2.65 bits per heavy atom. The molecule has 1 saturated heterocycles. The summed E-state index contributed by atoms with van der Waals surface area (Å²) in [6.45, 7) is 6.79. The lowest BCUT2D eigenvalue weighted by Crippen LogP contribution is -2.54. The predicted molar refractivity (Wildman–Crippen MR) is 75.2 cm³/mol. The van der Waals surface area contributed by atoms with Crippen molar-refractivity contribution in [2.24, 2.45) is 5.92 Å². The second-order valence-electron chi connectivity index (χ2n) is 5.35. The number of alkyl carbamates (subject to hydrolysis) is 1. The van der Waals surface area contributed by atoms with Crippen molar-refractivity contribution in [3.63, 3.8) is 0 Å². The Bertz CT molecular complexity index is 333. The molecule has 2 N–H and O–H groups in total. The Morgan fingerprint density at radius 1 is 1.40 bits per heavy atom. The van der Waals surface area contributed by atoms with Crippen LogP contribution in [-0.4, -0.2) is 53.8 Å². The first-order chi connectivity index (χ1) is 9.47. The van der Waals surface area contributed by atoms with Crippen molar-refractivity contribution in [3.8, 4) is 0 Å². The Balaban J connectivity index is 2.65. The zero-order chi connectivity index (χ0) is 15.1. The van der Waals surface area contributed by atoms with Gasteiger partial charge in [0, 0.05) is 25.4 Å². The molecule has 6 heteroatoms. The van der Waals surface area contributed by atoms with Crippen LogP contribution in [-0.2, 0) is 9.53 Å². The van der Waals surface area contributed by atoms with E-state index in [0.717, 1.165) is 6.42 Å². The van der Waals surface area contributed by atoms with Gasteiger partial charge in [-0.15, -0.1) is 0 Å². The van der Waals surface area contributed by atoms with Crippen LogP contribution < -0.4 is 5.32 Å². The van der Waals surface area contributed by atoms with Crippen molar-refractivity contribution in [2.75, 3.05) is 19.7 Å². The summed E-state index contributed by atoms with van der Waals surface area (Å²) >= 11 is 0. The van der Waals surface area contributed by atoms with Gasteiger partial charge < -0.3 is 20.1 Å². The normalized spacial score (nSPS) is 24.1. The fraction of sp³-hybridized carbons (Fsp3) is 0.857. The Morgan fingerprint density at radius 2 is 2.10 bits per heavy atom. The van der Waals surface area contributed by atoms with Crippen LogP contribution in [0.5, 0.6) is 0 Å². The van der Waals surface area contributed by atoms with E-state index in [1.165, 1.54) is 0 Å². The summed E-state index contributed by atoms with van der Waals surface area (Å²) in [7, 11) is 0. The average molecular weight is 286 g/mol. The van der Waals surface area contributed by atoms with Crippen LogP contribution in [0.25, 0.3) is 0 Å². The van der Waals surface area contributed by atoms with Gasteiger partial charge in [0.2, 0.25) is 5.91 Å². The van der Waals surface area contributed by atoms with Crippen LogP contribution >= 0.6 is 0 Å². The number of ether oxygens (including phenoxy) is 1. The molecular weight excluding hydrogens is 260 g/mol. The number of nitrogens with one attached hydrogen (secondary N) is 1. The van der Waals surface area contributed by atoms with Gasteiger partial charge in [0.15, 0.2) is 0 Å². The number of carbonyl (C=O) groups excluding carboxylic acids is 2. The zero-order valence-corrected chi connectivity index (χ0v) is 12.6. The van der Waals surface area contributed by atoms with Crippen LogP contribution in [0.15, 0.2) is 0 Å². The topological polar surface area (TPSA) is 78.9 Å². The molecule has 0 aromatic heterocycles. The van der Waals surface area contributed by atoms with Gasteiger partial charge in [-0.05, 0) is 26.7 Å². The molecule has 1 aliphatic rings. The summed E-state index contributed by atoms with van der Waals surface area (Å²) in [4.78, 5) is 25.3. The van der Waals surface area contributed by atoms with Crippen LogP contribution in [0.4, 0.5) is 4.79 Å². The Kier molecular flexibility index (Phi) is 6.78. The summed E-state index contributed by atoms with van der Waals surface area (Å²) in [6.07, 6.45) is 0.987. The summed E-state index contributed by atoms with van der Waals surface area (Å²) in [5.74, 6) is 0.0602. The third-order valence-corrected chi connectivity index (χ3v) is 3.58. The Hall–Kier alpha value is -1.30. The third-order valence-electron chi connectivity index (χ3n) is 3.58.